The Hall–Kier alpha value is -1.25. The molecule has 0 radical (unpaired) electrons. The maximum absolute atomic E-state index is 11.9. The number of nitrogens with zero attached hydrogens (tertiary/aromatic N) is 1. The minimum absolute atomic E-state index is 0.0518. The van der Waals surface area contributed by atoms with Gasteiger partial charge in [0.15, 0.2) is 0 Å². The van der Waals surface area contributed by atoms with Crippen LogP contribution in [-0.2, 0) is 16.1 Å². The zero-order chi connectivity index (χ0) is 11.4. The van der Waals surface area contributed by atoms with E-state index in [0.29, 0.717) is 6.61 Å². The molecule has 0 fully saturated rings. The van der Waals surface area contributed by atoms with Gasteiger partial charge in [-0.25, -0.2) is 0 Å². The smallest absolute Gasteiger partial charge is 0.314 e. The number of aromatic nitrogens is 1. The Kier molecular flexibility index (Phi) is 3.65. The van der Waals surface area contributed by atoms with Crippen LogP contribution in [0.4, 0.5) is 0 Å². The Morgan fingerprint density at radius 1 is 1.56 bits per heavy atom. The first-order chi connectivity index (χ1) is 7.83. The van der Waals surface area contributed by atoms with Gasteiger partial charge in [0.1, 0.15) is 0 Å². The van der Waals surface area contributed by atoms with Gasteiger partial charge < -0.3 is 9.30 Å². The summed E-state index contributed by atoms with van der Waals surface area (Å²) in [7, 11) is 0. The molecule has 16 heavy (non-hydrogen) atoms. The van der Waals surface area contributed by atoms with Crippen LogP contribution in [0.1, 0.15) is 44.2 Å². The van der Waals surface area contributed by atoms with Crippen LogP contribution in [-0.4, -0.2) is 17.1 Å². The van der Waals surface area contributed by atoms with Crippen LogP contribution in [0.15, 0.2) is 18.3 Å². The van der Waals surface area contributed by atoms with Gasteiger partial charge in [0.2, 0.25) is 0 Å². The molecule has 0 amide bonds. The molecule has 88 valence electrons. The molecule has 2 heterocycles. The van der Waals surface area contributed by atoms with Crippen molar-refractivity contribution in [3.63, 3.8) is 0 Å². The zero-order valence-corrected chi connectivity index (χ0v) is 9.82. The van der Waals surface area contributed by atoms with Crippen LogP contribution in [0.2, 0.25) is 0 Å². The Morgan fingerprint density at radius 3 is 3.25 bits per heavy atom. The number of rotatable bonds is 3. The quantitative estimate of drug-likeness (QED) is 0.735. The van der Waals surface area contributed by atoms with Crippen molar-refractivity contribution in [3.05, 3.63) is 24.0 Å². The van der Waals surface area contributed by atoms with E-state index in [0.717, 1.165) is 37.9 Å². The van der Waals surface area contributed by atoms with Crippen molar-refractivity contribution in [2.24, 2.45) is 0 Å². The summed E-state index contributed by atoms with van der Waals surface area (Å²) in [4.78, 5) is 11.9. The van der Waals surface area contributed by atoms with Crippen LogP contribution in [0.5, 0.6) is 0 Å². The van der Waals surface area contributed by atoms with Gasteiger partial charge in [-0.2, -0.15) is 0 Å². The molecule has 0 bridgehead atoms. The fraction of sp³-hybridized carbons (Fsp3) is 0.615. The molecule has 3 heteroatoms. The summed E-state index contributed by atoms with van der Waals surface area (Å²) >= 11 is 0. The summed E-state index contributed by atoms with van der Waals surface area (Å²) in [6, 6.07) is 4.06. The van der Waals surface area contributed by atoms with Crippen LogP contribution < -0.4 is 0 Å². The maximum atomic E-state index is 11.9. The number of ether oxygens (including phenoxy) is 1. The van der Waals surface area contributed by atoms with Crippen molar-refractivity contribution in [1.82, 2.24) is 4.57 Å². The third-order valence-corrected chi connectivity index (χ3v) is 3.10. The van der Waals surface area contributed by atoms with Crippen LogP contribution in [0, 0.1) is 0 Å². The van der Waals surface area contributed by atoms with Gasteiger partial charge in [-0.1, -0.05) is 13.3 Å². The minimum atomic E-state index is -0.0521. The van der Waals surface area contributed by atoms with E-state index in [2.05, 4.69) is 10.8 Å². The average Bonchev–Trinajstić information content (AvgIpc) is 2.66. The highest BCUT2D eigenvalue weighted by molar-refractivity contribution is 5.77. The van der Waals surface area contributed by atoms with Crippen molar-refractivity contribution < 1.29 is 9.53 Å². The Morgan fingerprint density at radius 2 is 2.44 bits per heavy atom. The molecule has 1 atom stereocenters. The van der Waals surface area contributed by atoms with Crippen molar-refractivity contribution in [2.45, 2.75) is 45.1 Å². The fourth-order valence-corrected chi connectivity index (χ4v) is 2.27. The predicted octanol–water partition coefficient (Wildman–Crippen LogP) is 2.71. The number of aryl methyl sites for hydroxylation is 1. The molecule has 1 unspecified atom stereocenters. The molecule has 1 aliphatic heterocycles. The van der Waals surface area contributed by atoms with E-state index in [1.54, 1.807) is 0 Å². The van der Waals surface area contributed by atoms with E-state index in [4.69, 9.17) is 4.74 Å². The van der Waals surface area contributed by atoms with Crippen LogP contribution in [0.3, 0.4) is 0 Å². The number of carbonyl (C=O) groups is 1. The molecule has 1 aromatic heterocycles. The summed E-state index contributed by atoms with van der Waals surface area (Å²) in [5.74, 6) is -0.104. The molecule has 0 spiro atoms. The average molecular weight is 221 g/mol. The first-order valence-corrected chi connectivity index (χ1v) is 6.14. The molecule has 3 nitrogen and oxygen atoms in total. The standard InChI is InChI=1S/C13H19NO2/c1-2-10-16-13(15)11-6-3-4-8-14-9-5-7-12(11)14/h5,7,9,11H,2-4,6,8,10H2,1H3. The van der Waals surface area contributed by atoms with Gasteiger partial charge in [0, 0.05) is 18.4 Å². The van der Waals surface area contributed by atoms with Crippen molar-refractivity contribution in [3.8, 4) is 0 Å². The lowest BCUT2D eigenvalue weighted by Gasteiger charge is -2.14. The van der Waals surface area contributed by atoms with Gasteiger partial charge in [-0.05, 0) is 31.4 Å². The fourth-order valence-electron chi connectivity index (χ4n) is 2.27. The predicted molar refractivity (Wildman–Crippen MR) is 62.3 cm³/mol. The second-order valence-corrected chi connectivity index (χ2v) is 4.34. The van der Waals surface area contributed by atoms with Crippen LogP contribution in [0.25, 0.3) is 0 Å². The van der Waals surface area contributed by atoms with Crippen molar-refractivity contribution >= 4 is 5.97 Å². The minimum Gasteiger partial charge on any atom is -0.465 e. The number of hydrogen-bond donors (Lipinski definition) is 0. The van der Waals surface area contributed by atoms with E-state index in [1.807, 2.05) is 19.1 Å². The number of carbonyl (C=O) groups excluding carboxylic acids is 1. The second-order valence-electron chi connectivity index (χ2n) is 4.34. The summed E-state index contributed by atoms with van der Waals surface area (Å²) < 4.78 is 7.45. The van der Waals surface area contributed by atoms with E-state index in [9.17, 15) is 4.79 Å². The molecular weight excluding hydrogens is 202 g/mol. The highest BCUT2D eigenvalue weighted by Gasteiger charge is 2.26. The van der Waals surface area contributed by atoms with Gasteiger partial charge >= 0.3 is 5.97 Å². The Bertz CT molecular complexity index is 357. The lowest BCUT2D eigenvalue weighted by atomic mass is 10.00. The summed E-state index contributed by atoms with van der Waals surface area (Å²) in [5, 5.41) is 0. The highest BCUT2D eigenvalue weighted by atomic mass is 16.5. The van der Waals surface area contributed by atoms with Gasteiger partial charge in [-0.3, -0.25) is 4.79 Å². The number of fused-ring (bicyclic) bond motifs is 1. The molecule has 0 aliphatic carbocycles. The lowest BCUT2D eigenvalue weighted by molar-refractivity contribution is -0.145. The number of hydrogen-bond acceptors (Lipinski definition) is 2. The molecule has 1 aromatic rings. The molecule has 0 aromatic carbocycles. The molecule has 0 saturated heterocycles. The summed E-state index contributed by atoms with van der Waals surface area (Å²) in [5.41, 5.74) is 1.12. The lowest BCUT2D eigenvalue weighted by Crippen LogP contribution is -2.17. The van der Waals surface area contributed by atoms with Gasteiger partial charge in [-0.15, -0.1) is 0 Å². The second kappa shape index (κ2) is 5.19. The monoisotopic (exact) mass is 221 g/mol. The molecule has 0 N–H and O–H groups in total. The summed E-state index contributed by atoms with van der Waals surface area (Å²) in [6.07, 6.45) is 6.12. The largest absolute Gasteiger partial charge is 0.465 e. The van der Waals surface area contributed by atoms with E-state index >= 15 is 0 Å². The van der Waals surface area contributed by atoms with Gasteiger partial charge in [0.25, 0.3) is 0 Å². The third kappa shape index (κ3) is 2.29. The Balaban J connectivity index is 2.12. The number of esters is 1. The van der Waals surface area contributed by atoms with E-state index in [-0.39, 0.29) is 11.9 Å². The molecule has 2 rings (SSSR count). The third-order valence-electron chi connectivity index (χ3n) is 3.10. The Labute approximate surface area is 96.4 Å². The summed E-state index contributed by atoms with van der Waals surface area (Å²) in [6.45, 7) is 3.58. The molecular formula is C13H19NO2. The first kappa shape index (κ1) is 11.2. The highest BCUT2D eigenvalue weighted by Crippen LogP contribution is 2.27. The molecule has 0 saturated carbocycles. The topological polar surface area (TPSA) is 31.2 Å². The van der Waals surface area contributed by atoms with Gasteiger partial charge in [0.05, 0.1) is 12.5 Å². The normalized spacial score (nSPS) is 19.9. The SMILES string of the molecule is CCCOC(=O)C1CCCCn2cccc21. The van der Waals surface area contributed by atoms with E-state index < -0.39 is 0 Å². The first-order valence-electron chi connectivity index (χ1n) is 6.14. The van der Waals surface area contributed by atoms with Crippen molar-refractivity contribution in [1.29, 1.82) is 0 Å². The zero-order valence-electron chi connectivity index (χ0n) is 9.82. The van der Waals surface area contributed by atoms with Crippen molar-refractivity contribution in [2.75, 3.05) is 6.61 Å². The maximum Gasteiger partial charge on any atom is 0.314 e. The van der Waals surface area contributed by atoms with E-state index in [1.165, 1.54) is 0 Å². The van der Waals surface area contributed by atoms with Crippen LogP contribution >= 0.6 is 0 Å². The molecule has 1 aliphatic rings.